The molecule has 33 heavy (non-hydrogen) atoms. The number of aromatic carboxylic acids is 2. The summed E-state index contributed by atoms with van der Waals surface area (Å²) in [6, 6.07) is 20.1. The molecule has 4 rings (SSSR count). The van der Waals surface area contributed by atoms with E-state index in [0.717, 1.165) is 22.8 Å². The number of aryl methyl sites for hydroxylation is 4. The molecule has 0 bridgehead atoms. The third-order valence-corrected chi connectivity index (χ3v) is 3.69. The van der Waals surface area contributed by atoms with E-state index in [1.165, 1.54) is 24.3 Å². The van der Waals surface area contributed by atoms with Crippen LogP contribution in [0, 0.1) is 27.7 Å². The maximum absolute atomic E-state index is 10.1. The number of carbonyl (C=O) groups is 2. The molecule has 8 nitrogen and oxygen atoms in total. The predicted octanol–water partition coefficient (Wildman–Crippen LogP) is 2.15. The van der Waals surface area contributed by atoms with Gasteiger partial charge in [0.15, 0.2) is 0 Å². The molecule has 0 spiro atoms. The smallest absolute Gasteiger partial charge is 0.545 e. The maximum atomic E-state index is 10.1. The Morgan fingerprint density at radius 1 is 0.636 bits per heavy atom. The number of nitrogens with zero attached hydrogens (tertiary/aromatic N) is 2. The number of H-pyrrole nitrogens is 2. The van der Waals surface area contributed by atoms with Crippen LogP contribution in [0.15, 0.2) is 72.8 Å². The summed E-state index contributed by atoms with van der Waals surface area (Å²) >= 11 is 0. The van der Waals surface area contributed by atoms with E-state index in [1.54, 1.807) is 36.4 Å². The van der Waals surface area contributed by atoms with Crippen LogP contribution in [0.25, 0.3) is 0 Å². The van der Waals surface area contributed by atoms with Crippen LogP contribution >= 0.6 is 0 Å². The number of carboxylic acids is 2. The standard InChI is InChI=1S/2C7H6O2.2C5H8N2.Zn/c2*8-7(9)6-4-2-1-3-5-6;2*1-4-3-5(2)7-6-4;/h2*1-5H,(H,8,9);2*3H,1-2H3,(H,6,7);/q;;;;+2/p-2. The summed E-state index contributed by atoms with van der Waals surface area (Å²) in [5.74, 6) is -2.26. The number of nitrogens with one attached hydrogen (secondary N) is 2. The monoisotopic (exact) mass is 498 g/mol. The van der Waals surface area contributed by atoms with E-state index in [1.807, 2.05) is 39.8 Å². The minimum atomic E-state index is -1.13. The van der Waals surface area contributed by atoms with Gasteiger partial charge in [0.05, 0.1) is 23.3 Å². The van der Waals surface area contributed by atoms with Crippen molar-refractivity contribution in [2.24, 2.45) is 0 Å². The van der Waals surface area contributed by atoms with Crippen molar-refractivity contribution >= 4 is 11.9 Å². The van der Waals surface area contributed by atoms with Crippen LogP contribution in [0.1, 0.15) is 43.5 Å². The van der Waals surface area contributed by atoms with E-state index in [-0.39, 0.29) is 30.6 Å². The first kappa shape index (κ1) is 29.4. The van der Waals surface area contributed by atoms with Gasteiger partial charge >= 0.3 is 19.5 Å². The van der Waals surface area contributed by atoms with Crippen LogP contribution in [-0.2, 0) is 19.5 Å². The van der Waals surface area contributed by atoms with Crippen molar-refractivity contribution in [2.75, 3.05) is 0 Å². The molecule has 9 heteroatoms. The summed E-state index contributed by atoms with van der Waals surface area (Å²) in [5, 5.41) is 33.6. The zero-order valence-corrected chi connectivity index (χ0v) is 22.1. The van der Waals surface area contributed by atoms with Crippen molar-refractivity contribution in [3.63, 3.8) is 0 Å². The van der Waals surface area contributed by atoms with Gasteiger partial charge in [-0.05, 0) is 51.0 Å². The van der Waals surface area contributed by atoms with Gasteiger partial charge in [0.2, 0.25) is 0 Å². The van der Waals surface area contributed by atoms with E-state index >= 15 is 0 Å². The van der Waals surface area contributed by atoms with Crippen molar-refractivity contribution in [1.29, 1.82) is 0 Å². The number of carbonyl (C=O) groups excluding carboxylic acids is 2. The quantitative estimate of drug-likeness (QED) is 0.405. The summed E-state index contributed by atoms with van der Waals surface area (Å²) in [5.41, 5.74) is 4.79. The third kappa shape index (κ3) is 13.4. The Labute approximate surface area is 205 Å². The predicted molar refractivity (Wildman–Crippen MR) is 118 cm³/mol. The minimum Gasteiger partial charge on any atom is -0.545 e. The SMILES string of the molecule is Cc1cc(C)[nH]n1.Cc1cc(C)[nH]n1.O=C([O-])c1ccccc1.O=C([O-])c1ccccc1.[Zn+2]. The Balaban J connectivity index is 0.000000412. The first-order valence-electron chi connectivity index (χ1n) is 9.69. The number of aromatic nitrogens is 4. The average Bonchev–Trinajstić information content (AvgIpc) is 3.36. The fourth-order valence-electron chi connectivity index (χ4n) is 2.26. The van der Waals surface area contributed by atoms with Crippen molar-refractivity contribution in [3.8, 4) is 0 Å². The summed E-state index contributed by atoms with van der Waals surface area (Å²) in [7, 11) is 0. The molecule has 0 unspecified atom stereocenters. The molecule has 0 aliphatic rings. The molecular weight excluding hydrogens is 474 g/mol. The second kappa shape index (κ2) is 16.1. The second-order valence-corrected chi connectivity index (χ2v) is 6.69. The molecule has 0 aliphatic carbocycles. The Bertz CT molecular complexity index is 959. The molecule has 0 aliphatic heterocycles. The molecule has 0 atom stereocenters. The Kier molecular flexibility index (Phi) is 14.4. The van der Waals surface area contributed by atoms with Crippen LogP contribution < -0.4 is 10.2 Å². The molecule has 2 N–H and O–H groups in total. The molecule has 0 amide bonds. The van der Waals surface area contributed by atoms with Crippen molar-refractivity contribution < 1.29 is 39.3 Å². The fourth-order valence-corrected chi connectivity index (χ4v) is 2.26. The van der Waals surface area contributed by atoms with Gasteiger partial charge in [0.1, 0.15) is 0 Å². The van der Waals surface area contributed by atoms with E-state index in [2.05, 4.69) is 20.4 Å². The number of carboxylic acid groups (broad SMARTS) is 2. The van der Waals surface area contributed by atoms with Gasteiger partial charge in [0, 0.05) is 11.4 Å². The molecule has 0 saturated heterocycles. The Hall–Kier alpha value is -3.58. The molecule has 0 saturated carbocycles. The van der Waals surface area contributed by atoms with Gasteiger partial charge in [-0.2, -0.15) is 10.2 Å². The van der Waals surface area contributed by atoms with Gasteiger partial charge in [-0.25, -0.2) is 0 Å². The van der Waals surface area contributed by atoms with E-state index in [0.29, 0.717) is 0 Å². The molecule has 2 aromatic heterocycles. The molecular formula is C24H26N4O4Zn. The maximum Gasteiger partial charge on any atom is 2.00 e. The Morgan fingerprint density at radius 2 is 0.939 bits per heavy atom. The van der Waals surface area contributed by atoms with Gasteiger partial charge in [-0.15, -0.1) is 0 Å². The third-order valence-electron chi connectivity index (χ3n) is 3.69. The van der Waals surface area contributed by atoms with Crippen LogP contribution in [-0.4, -0.2) is 32.3 Å². The van der Waals surface area contributed by atoms with Gasteiger partial charge < -0.3 is 19.8 Å². The zero-order valence-electron chi connectivity index (χ0n) is 19.2. The number of hydrogen-bond donors (Lipinski definition) is 2. The van der Waals surface area contributed by atoms with Crippen LogP contribution in [0.4, 0.5) is 0 Å². The van der Waals surface area contributed by atoms with Crippen LogP contribution in [0.2, 0.25) is 0 Å². The van der Waals surface area contributed by atoms with Crippen LogP contribution in [0.5, 0.6) is 0 Å². The molecule has 0 radical (unpaired) electrons. The molecule has 0 fully saturated rings. The number of rotatable bonds is 2. The summed E-state index contributed by atoms with van der Waals surface area (Å²) < 4.78 is 0. The fraction of sp³-hybridized carbons (Fsp3) is 0.167. The number of hydrogen-bond acceptors (Lipinski definition) is 6. The second-order valence-electron chi connectivity index (χ2n) is 6.69. The van der Waals surface area contributed by atoms with Gasteiger partial charge in [-0.3, -0.25) is 10.2 Å². The molecule has 168 valence electrons. The topological polar surface area (TPSA) is 138 Å². The van der Waals surface area contributed by atoms with Crippen molar-refractivity contribution in [1.82, 2.24) is 20.4 Å². The largest absolute Gasteiger partial charge is 2.00 e. The summed E-state index contributed by atoms with van der Waals surface area (Å²) in [6.45, 7) is 7.90. The number of aromatic amines is 2. The minimum absolute atomic E-state index is 0. The van der Waals surface area contributed by atoms with Gasteiger partial charge in [0.25, 0.3) is 0 Å². The van der Waals surface area contributed by atoms with Gasteiger partial charge in [-0.1, -0.05) is 60.7 Å². The van der Waals surface area contributed by atoms with Crippen molar-refractivity contribution in [3.05, 3.63) is 107 Å². The molecule has 4 aromatic rings. The van der Waals surface area contributed by atoms with Crippen LogP contribution in [0.3, 0.4) is 0 Å². The van der Waals surface area contributed by atoms with Crippen molar-refractivity contribution in [2.45, 2.75) is 27.7 Å². The average molecular weight is 500 g/mol. The zero-order chi connectivity index (χ0) is 23.9. The summed E-state index contributed by atoms with van der Waals surface area (Å²) in [4.78, 5) is 20.2. The van der Waals surface area contributed by atoms with E-state index in [4.69, 9.17) is 0 Å². The normalized spacial score (nSPS) is 8.85. The Morgan fingerprint density at radius 3 is 1.06 bits per heavy atom. The molecule has 2 aromatic carbocycles. The first-order chi connectivity index (χ1) is 15.2. The summed E-state index contributed by atoms with van der Waals surface area (Å²) in [6.07, 6.45) is 0. The van der Waals surface area contributed by atoms with E-state index in [9.17, 15) is 19.8 Å². The van der Waals surface area contributed by atoms with E-state index < -0.39 is 11.9 Å². The first-order valence-corrected chi connectivity index (χ1v) is 9.69. The number of benzene rings is 2. The molecule has 2 heterocycles.